The maximum absolute atomic E-state index is 11.8. The molecule has 0 atom stereocenters. The van der Waals surface area contributed by atoms with Crippen molar-refractivity contribution in [3.63, 3.8) is 0 Å². The number of fused-ring (bicyclic) bond motifs is 5. The first-order valence-electron chi connectivity index (χ1n) is 36.5. The Labute approximate surface area is 631 Å². The van der Waals surface area contributed by atoms with Gasteiger partial charge in [0.1, 0.15) is 0 Å². The van der Waals surface area contributed by atoms with Crippen LogP contribution in [-0.2, 0) is 90.1 Å². The minimum absolute atomic E-state index is 0.273. The molecule has 2 aliphatic heterocycles. The number of nitrogens with zero attached hydrogens (tertiary/aromatic N) is 8. The van der Waals surface area contributed by atoms with E-state index in [1.165, 1.54) is 65.3 Å². The second-order valence-corrected chi connectivity index (χ2v) is 27.4. The van der Waals surface area contributed by atoms with Crippen LogP contribution in [0.25, 0.3) is 54.5 Å². The number of aromatic nitrogens is 4. The number of oxime groups is 4. The fourth-order valence-corrected chi connectivity index (χ4v) is 14.6. The lowest BCUT2D eigenvalue weighted by Gasteiger charge is -2.17. The maximum atomic E-state index is 11.8. The minimum atomic E-state index is -0.405. The van der Waals surface area contributed by atoms with E-state index in [1.54, 1.807) is 31.4 Å². The standard InChI is InChI=1S/C24H22N2O3.C24H22N2O2S.C22H22N2O2.C20H18N2O2/c1-3-24(27)29-25-21(15-18-10-5-4-9-17(18)2)20-16-26(23-13-8-14-28-23)22-12-7-6-11-19(20)22;1-3-24(27)28-25-21(15-18-10-5-4-9-17(18)2)20-16-26(23-13-8-14-29-23)22-12-7-6-11-19(20)22;1-16(25)26-23-19(15-17-9-3-2-4-10-17)22-18-11-5-6-12-20(18)24-14-8-7-13-21(22)24;1-14(23)24-21-19(12-15-6-3-2-4-7-15)18-13-22-11-10-16-8-5-9-17(18)20(16)22/h2*4-14,16H,3,15H2,1-2H3;2-6,9-12H,7-8,13-15H2,1H3;2-9,13H,10-12H2,1H3/b2*25-21+;23-19+;21-19+. The summed E-state index contributed by atoms with van der Waals surface area (Å²) in [6.45, 7) is 12.4. The molecular weight excluding hydrogens is 1370 g/mol. The van der Waals surface area contributed by atoms with E-state index in [0.717, 1.165) is 120 Å². The quantitative estimate of drug-likeness (QED) is 0.0406. The summed E-state index contributed by atoms with van der Waals surface area (Å²) in [5.74, 6) is -0.783. The summed E-state index contributed by atoms with van der Waals surface area (Å²) in [4.78, 5) is 66.6. The van der Waals surface area contributed by atoms with Crippen LogP contribution in [0.4, 0.5) is 0 Å². The lowest BCUT2D eigenvalue weighted by molar-refractivity contribution is -0.144. The zero-order valence-corrected chi connectivity index (χ0v) is 62.2. The molecule has 8 aromatic carbocycles. The highest BCUT2D eigenvalue weighted by atomic mass is 32.1. The van der Waals surface area contributed by atoms with Gasteiger partial charge in [0, 0.05) is 145 Å². The van der Waals surface area contributed by atoms with Crippen molar-refractivity contribution in [3.8, 4) is 10.9 Å². The van der Waals surface area contributed by atoms with E-state index in [1.807, 2.05) is 126 Å². The van der Waals surface area contributed by atoms with Crippen molar-refractivity contribution >= 4 is 102 Å². The molecule has 0 amide bonds. The lowest BCUT2D eigenvalue weighted by atomic mass is 9.97. The predicted molar refractivity (Wildman–Crippen MR) is 430 cm³/mol. The number of thiophene rings is 1. The topological polar surface area (TPSA) is 188 Å². The van der Waals surface area contributed by atoms with Gasteiger partial charge >= 0.3 is 23.9 Å². The molecule has 0 N–H and O–H groups in total. The van der Waals surface area contributed by atoms with Gasteiger partial charge in [-0.15, -0.1) is 11.3 Å². The Hall–Kier alpha value is -12.5. The Balaban J connectivity index is 0.000000127. The van der Waals surface area contributed by atoms with Crippen molar-refractivity contribution in [2.75, 3.05) is 0 Å². The van der Waals surface area contributed by atoms with Crippen molar-refractivity contribution in [3.05, 3.63) is 322 Å². The van der Waals surface area contributed by atoms with Gasteiger partial charge in [0.25, 0.3) is 0 Å². The van der Waals surface area contributed by atoms with Crippen molar-refractivity contribution in [1.29, 1.82) is 0 Å². The third kappa shape index (κ3) is 17.4. The molecule has 18 heteroatoms. The number of hydrogen-bond donors (Lipinski definition) is 0. The fraction of sp³-hybridized carbons (Fsp3) is 0.200. The number of carbonyl (C=O) groups is 4. The van der Waals surface area contributed by atoms with Gasteiger partial charge in [-0.2, -0.15) is 0 Å². The third-order valence-electron chi connectivity index (χ3n) is 19.2. The average Bonchev–Trinajstić information content (AvgIpc) is 1.61. The number of hydrogen-bond acceptors (Lipinski definition) is 14. The monoisotopic (exact) mass is 1450 g/mol. The zero-order valence-electron chi connectivity index (χ0n) is 61.4. The molecule has 16 rings (SSSR count). The molecule has 6 aromatic heterocycles. The summed E-state index contributed by atoms with van der Waals surface area (Å²) in [6, 6.07) is 75.7. The first-order valence-corrected chi connectivity index (χ1v) is 37.4. The molecule has 0 fully saturated rings. The Morgan fingerprint density at radius 3 is 1.51 bits per heavy atom. The molecule has 0 aliphatic carbocycles. The Kier molecular flexibility index (Phi) is 23.9. The van der Waals surface area contributed by atoms with Gasteiger partial charge in [-0.1, -0.05) is 216 Å². The number of para-hydroxylation sites is 4. The van der Waals surface area contributed by atoms with Gasteiger partial charge in [0.15, 0.2) is 0 Å². The molecule has 0 unspecified atom stereocenters. The number of rotatable bonds is 20. The largest absolute Gasteiger partial charge is 0.448 e. The summed E-state index contributed by atoms with van der Waals surface area (Å²) in [6.07, 6.45) is 15.3. The van der Waals surface area contributed by atoms with Gasteiger partial charge in [0.2, 0.25) is 5.88 Å². The molecule has 2 aliphatic rings. The molecule has 108 heavy (non-hydrogen) atoms. The number of aryl methyl sites for hydroxylation is 5. The number of furan rings is 1. The first-order chi connectivity index (χ1) is 52.8. The second-order valence-electron chi connectivity index (χ2n) is 26.5. The highest BCUT2D eigenvalue weighted by Gasteiger charge is 2.26. The van der Waals surface area contributed by atoms with Crippen LogP contribution >= 0.6 is 11.3 Å². The molecule has 14 aromatic rings. The second kappa shape index (κ2) is 35.0. The summed E-state index contributed by atoms with van der Waals surface area (Å²) < 4.78 is 14.4. The van der Waals surface area contributed by atoms with Crippen LogP contribution < -0.4 is 0 Å². The Morgan fingerprint density at radius 2 is 0.944 bits per heavy atom. The normalized spacial score (nSPS) is 12.7. The molecule has 17 nitrogen and oxygen atoms in total. The van der Waals surface area contributed by atoms with E-state index in [0.29, 0.717) is 37.3 Å². The molecule has 0 spiro atoms. The van der Waals surface area contributed by atoms with Crippen LogP contribution in [-0.4, -0.2) is 65.0 Å². The van der Waals surface area contributed by atoms with Gasteiger partial charge in [-0.25, -0.2) is 19.2 Å². The Bertz CT molecular complexity index is 5450. The minimum Gasteiger partial charge on any atom is -0.448 e. The fourth-order valence-electron chi connectivity index (χ4n) is 13.9. The predicted octanol–water partition coefficient (Wildman–Crippen LogP) is 19.5. The van der Waals surface area contributed by atoms with Crippen molar-refractivity contribution in [2.45, 2.75) is 119 Å². The van der Waals surface area contributed by atoms with Crippen LogP contribution in [0.3, 0.4) is 0 Å². The lowest BCUT2D eigenvalue weighted by Crippen LogP contribution is -2.15. The van der Waals surface area contributed by atoms with E-state index in [-0.39, 0.29) is 24.8 Å². The molecular formula is C90H84N8O9S. The van der Waals surface area contributed by atoms with Gasteiger partial charge in [0.05, 0.1) is 50.7 Å². The van der Waals surface area contributed by atoms with E-state index >= 15 is 0 Å². The van der Waals surface area contributed by atoms with E-state index in [4.69, 9.17) is 23.8 Å². The summed E-state index contributed by atoms with van der Waals surface area (Å²) >= 11 is 1.68. The SMILES string of the molecule is CC(=O)O/N=C(\Cc1ccccc1)c1c2n(c3ccccc13)CCCC2.CC(=O)O/N=C(\Cc1ccccc1)c1cn2c3c(cccc13)CC2.CCC(=O)O/N=C(\Cc1ccccc1C)c1cn(-c2ccco2)c2ccccc12.CCC(=O)O/N=C(\Cc1ccccc1C)c1cn(-c2cccs2)c2ccccc12. The first kappa shape index (κ1) is 73.8. The molecule has 0 saturated carbocycles. The molecule has 0 bridgehead atoms. The molecule has 544 valence electrons. The van der Waals surface area contributed by atoms with Crippen LogP contribution in [0.5, 0.6) is 0 Å². The number of carbonyl (C=O) groups excluding carboxylic acids is 4. The maximum Gasteiger partial charge on any atom is 0.334 e. The smallest absolute Gasteiger partial charge is 0.334 e. The summed E-state index contributed by atoms with van der Waals surface area (Å²) in [5.41, 5.74) is 21.3. The van der Waals surface area contributed by atoms with E-state index in [9.17, 15) is 19.2 Å². The summed E-state index contributed by atoms with van der Waals surface area (Å²) in [5, 5.41) is 24.7. The van der Waals surface area contributed by atoms with Crippen molar-refractivity contribution in [2.24, 2.45) is 20.6 Å². The van der Waals surface area contributed by atoms with Crippen LogP contribution in [0.1, 0.15) is 120 Å². The van der Waals surface area contributed by atoms with Crippen LogP contribution in [0.2, 0.25) is 0 Å². The summed E-state index contributed by atoms with van der Waals surface area (Å²) in [7, 11) is 0. The van der Waals surface area contributed by atoms with E-state index in [2.05, 4.69) is 175 Å². The highest BCUT2D eigenvalue weighted by molar-refractivity contribution is 7.12. The molecule has 0 radical (unpaired) electrons. The van der Waals surface area contributed by atoms with Crippen LogP contribution in [0, 0.1) is 13.8 Å². The van der Waals surface area contributed by atoms with Crippen molar-refractivity contribution < 1.29 is 42.9 Å². The molecule has 8 heterocycles. The van der Waals surface area contributed by atoms with Gasteiger partial charge < -0.3 is 37.5 Å². The van der Waals surface area contributed by atoms with E-state index < -0.39 is 11.9 Å². The van der Waals surface area contributed by atoms with Crippen molar-refractivity contribution in [1.82, 2.24) is 18.3 Å². The van der Waals surface area contributed by atoms with Gasteiger partial charge in [-0.3, -0.25) is 4.57 Å². The average molecular weight is 1450 g/mol. The zero-order chi connectivity index (χ0) is 74.9. The molecule has 0 saturated heterocycles. The number of benzene rings is 8. The third-order valence-corrected chi connectivity index (χ3v) is 20.1. The van der Waals surface area contributed by atoms with Gasteiger partial charge in [-0.05, 0) is 120 Å². The highest BCUT2D eigenvalue weighted by Crippen LogP contribution is 2.35. The Morgan fingerprint density at radius 1 is 0.444 bits per heavy atom. The van der Waals surface area contributed by atoms with Crippen LogP contribution in [0.15, 0.2) is 280 Å².